The van der Waals surface area contributed by atoms with Crippen LogP contribution in [-0.2, 0) is 19.7 Å². The maximum atomic E-state index is 13.8. The van der Waals surface area contributed by atoms with Crippen LogP contribution >= 0.6 is 0 Å². The number of hydrogen-bond acceptors (Lipinski definition) is 5. The molecule has 0 bridgehead atoms. The molecule has 4 heterocycles. The molecule has 3 aliphatic heterocycles. The first-order chi connectivity index (χ1) is 15.6. The number of rotatable bonds is 5. The fourth-order valence-electron chi connectivity index (χ4n) is 5.78. The molecule has 7 nitrogen and oxygen atoms in total. The van der Waals surface area contributed by atoms with E-state index >= 15 is 0 Å². The Hall–Kier alpha value is -2.77. The minimum atomic E-state index is -0.769. The average Bonchev–Trinajstić information content (AvgIpc) is 3.37. The van der Waals surface area contributed by atoms with Crippen molar-refractivity contribution in [2.45, 2.75) is 30.7 Å². The number of ether oxygens (including phenoxy) is 1. The van der Waals surface area contributed by atoms with Gasteiger partial charge in [0.2, 0.25) is 11.8 Å². The lowest BCUT2D eigenvalue weighted by molar-refractivity contribution is -0.139. The number of carbonyl (C=O) groups excluding carboxylic acids is 2. The summed E-state index contributed by atoms with van der Waals surface area (Å²) >= 11 is 0. The number of para-hydroxylation sites is 1. The standard InChI is InChI=1S/C25H30N4O3/c1-32-16-15-28-12-8-18(9-13-28)23(30)29-14-10-25(22(29)19-5-4-11-26-17-19)20-6-2-3-7-21(20)27-24(25)31/h2-7,11,17-18,22H,8-10,12-16H2,1H3,(H,27,31). The smallest absolute Gasteiger partial charge is 0.237 e. The van der Waals surface area contributed by atoms with E-state index in [4.69, 9.17) is 4.74 Å². The third kappa shape index (κ3) is 3.40. The second-order valence-electron chi connectivity index (χ2n) is 9.05. The zero-order valence-corrected chi connectivity index (χ0v) is 18.5. The highest BCUT2D eigenvalue weighted by Gasteiger charge is 2.59. The van der Waals surface area contributed by atoms with Gasteiger partial charge in [-0.1, -0.05) is 24.3 Å². The SMILES string of the molecule is COCCN1CCC(C(=O)N2CCC3(C(=O)Nc4ccccc43)C2c2cccnc2)CC1. The normalized spacial score (nSPS) is 25.8. The molecule has 2 amide bonds. The van der Waals surface area contributed by atoms with Gasteiger partial charge in [0, 0.05) is 44.2 Å². The van der Waals surface area contributed by atoms with Crippen molar-refractivity contribution >= 4 is 17.5 Å². The number of methoxy groups -OCH3 is 1. The van der Waals surface area contributed by atoms with E-state index in [1.807, 2.05) is 41.3 Å². The summed E-state index contributed by atoms with van der Waals surface area (Å²) in [5.41, 5.74) is 1.99. The fourth-order valence-corrected chi connectivity index (χ4v) is 5.78. The molecule has 32 heavy (non-hydrogen) atoms. The van der Waals surface area contributed by atoms with Crippen molar-refractivity contribution in [1.29, 1.82) is 0 Å². The summed E-state index contributed by atoms with van der Waals surface area (Å²) in [7, 11) is 1.72. The van der Waals surface area contributed by atoms with Crippen molar-refractivity contribution in [2.24, 2.45) is 5.92 Å². The van der Waals surface area contributed by atoms with Gasteiger partial charge in [-0.2, -0.15) is 0 Å². The molecule has 2 unspecified atom stereocenters. The zero-order valence-electron chi connectivity index (χ0n) is 18.5. The highest BCUT2D eigenvalue weighted by molar-refractivity contribution is 6.07. The van der Waals surface area contributed by atoms with Crippen LogP contribution < -0.4 is 5.32 Å². The van der Waals surface area contributed by atoms with Gasteiger partial charge in [-0.05, 0) is 55.6 Å². The third-order valence-corrected chi connectivity index (χ3v) is 7.42. The number of anilines is 1. The number of aromatic nitrogens is 1. The fraction of sp³-hybridized carbons (Fsp3) is 0.480. The lowest BCUT2D eigenvalue weighted by Gasteiger charge is -2.38. The van der Waals surface area contributed by atoms with Gasteiger partial charge in [0.1, 0.15) is 5.41 Å². The van der Waals surface area contributed by atoms with Crippen LogP contribution in [0.25, 0.3) is 0 Å². The van der Waals surface area contributed by atoms with Crippen LogP contribution in [0.2, 0.25) is 0 Å². The topological polar surface area (TPSA) is 74.8 Å². The number of nitrogens with zero attached hydrogens (tertiary/aromatic N) is 3. The van der Waals surface area contributed by atoms with Crippen molar-refractivity contribution in [3.05, 3.63) is 59.9 Å². The molecule has 2 atom stereocenters. The van der Waals surface area contributed by atoms with Crippen LogP contribution in [0.3, 0.4) is 0 Å². The molecule has 3 aliphatic rings. The lowest BCUT2D eigenvalue weighted by atomic mass is 9.72. The van der Waals surface area contributed by atoms with Crippen molar-refractivity contribution in [3.63, 3.8) is 0 Å². The Morgan fingerprint density at radius 1 is 1.19 bits per heavy atom. The van der Waals surface area contributed by atoms with Crippen molar-refractivity contribution in [1.82, 2.24) is 14.8 Å². The highest BCUT2D eigenvalue weighted by atomic mass is 16.5. The van der Waals surface area contributed by atoms with E-state index in [0.717, 1.165) is 49.3 Å². The van der Waals surface area contributed by atoms with Crippen LogP contribution in [-0.4, -0.2) is 66.5 Å². The minimum Gasteiger partial charge on any atom is -0.383 e. The molecule has 5 rings (SSSR count). The van der Waals surface area contributed by atoms with E-state index in [0.29, 0.717) is 19.6 Å². The summed E-state index contributed by atoms with van der Waals surface area (Å²) in [6.45, 7) is 3.99. The number of piperidine rings is 1. The first-order valence-electron chi connectivity index (χ1n) is 11.5. The summed E-state index contributed by atoms with van der Waals surface area (Å²) < 4.78 is 5.19. The van der Waals surface area contributed by atoms with Gasteiger partial charge >= 0.3 is 0 Å². The maximum Gasteiger partial charge on any atom is 0.237 e. The Bertz CT molecular complexity index is 990. The predicted molar refractivity (Wildman–Crippen MR) is 121 cm³/mol. The molecule has 0 saturated carbocycles. The Balaban J connectivity index is 1.45. The summed E-state index contributed by atoms with van der Waals surface area (Å²) in [5, 5.41) is 3.08. The monoisotopic (exact) mass is 434 g/mol. The average molecular weight is 435 g/mol. The first-order valence-corrected chi connectivity index (χ1v) is 11.5. The minimum absolute atomic E-state index is 0.0113. The van der Waals surface area contributed by atoms with E-state index in [2.05, 4.69) is 15.2 Å². The molecule has 0 aliphatic carbocycles. The van der Waals surface area contributed by atoms with E-state index < -0.39 is 5.41 Å². The van der Waals surface area contributed by atoms with Gasteiger partial charge in [-0.3, -0.25) is 14.6 Å². The van der Waals surface area contributed by atoms with E-state index in [9.17, 15) is 9.59 Å². The summed E-state index contributed by atoms with van der Waals surface area (Å²) in [5.74, 6) is 0.138. The van der Waals surface area contributed by atoms with Crippen LogP contribution in [0.5, 0.6) is 0 Å². The van der Waals surface area contributed by atoms with Crippen molar-refractivity contribution < 1.29 is 14.3 Å². The third-order valence-electron chi connectivity index (χ3n) is 7.42. The first kappa shape index (κ1) is 21.1. The summed E-state index contributed by atoms with van der Waals surface area (Å²) in [4.78, 5) is 35.9. The maximum absolute atomic E-state index is 13.8. The number of hydrogen-bond donors (Lipinski definition) is 1. The zero-order chi connectivity index (χ0) is 22.1. The number of amides is 2. The molecule has 2 aromatic rings. The van der Waals surface area contributed by atoms with Gasteiger partial charge in [-0.15, -0.1) is 0 Å². The largest absolute Gasteiger partial charge is 0.383 e. The van der Waals surface area contributed by atoms with Gasteiger partial charge in [0.25, 0.3) is 0 Å². The molecule has 1 N–H and O–H groups in total. The molecule has 2 saturated heterocycles. The number of pyridine rings is 1. The number of benzene rings is 1. The van der Waals surface area contributed by atoms with Crippen LogP contribution in [0.1, 0.15) is 36.4 Å². The molecule has 168 valence electrons. The van der Waals surface area contributed by atoms with Crippen LogP contribution in [0.4, 0.5) is 5.69 Å². The Labute approximate surface area is 188 Å². The summed E-state index contributed by atoms with van der Waals surface area (Å²) in [6, 6.07) is 11.4. The molecule has 0 radical (unpaired) electrons. The van der Waals surface area contributed by atoms with Gasteiger partial charge in [0.05, 0.1) is 12.6 Å². The molecular formula is C25H30N4O3. The second kappa shape index (κ2) is 8.64. The van der Waals surface area contributed by atoms with Crippen molar-refractivity contribution in [3.8, 4) is 0 Å². The van der Waals surface area contributed by atoms with Crippen LogP contribution in [0.15, 0.2) is 48.8 Å². The lowest BCUT2D eigenvalue weighted by Crippen LogP contribution is -2.46. The number of carbonyl (C=O) groups is 2. The Morgan fingerprint density at radius 2 is 2.00 bits per heavy atom. The number of fused-ring (bicyclic) bond motifs is 2. The van der Waals surface area contributed by atoms with E-state index in [-0.39, 0.29) is 23.8 Å². The van der Waals surface area contributed by atoms with E-state index in [1.165, 1.54) is 0 Å². The van der Waals surface area contributed by atoms with Gasteiger partial charge in [0.15, 0.2) is 0 Å². The van der Waals surface area contributed by atoms with Crippen molar-refractivity contribution in [2.75, 3.05) is 45.2 Å². The molecule has 1 aromatic heterocycles. The second-order valence-corrected chi connectivity index (χ2v) is 9.05. The Morgan fingerprint density at radius 3 is 2.75 bits per heavy atom. The molecule has 7 heteroatoms. The molecule has 1 aromatic carbocycles. The van der Waals surface area contributed by atoms with Gasteiger partial charge in [-0.25, -0.2) is 0 Å². The molecule has 1 spiro atoms. The number of nitrogens with one attached hydrogen (secondary N) is 1. The Kier molecular flexibility index (Phi) is 5.69. The van der Waals surface area contributed by atoms with E-state index in [1.54, 1.807) is 19.5 Å². The molecular weight excluding hydrogens is 404 g/mol. The molecule has 2 fully saturated rings. The quantitative estimate of drug-likeness (QED) is 0.783. The van der Waals surface area contributed by atoms with Gasteiger partial charge < -0.3 is 19.9 Å². The number of likely N-dealkylation sites (tertiary alicyclic amines) is 2. The van der Waals surface area contributed by atoms with Crippen LogP contribution in [0, 0.1) is 5.92 Å². The predicted octanol–water partition coefficient (Wildman–Crippen LogP) is 2.60. The highest BCUT2D eigenvalue weighted by Crippen LogP contribution is 2.55. The summed E-state index contributed by atoms with van der Waals surface area (Å²) in [6.07, 6.45) is 5.84.